The van der Waals surface area contributed by atoms with E-state index in [4.69, 9.17) is 4.74 Å². The first-order valence-electron chi connectivity index (χ1n) is 10.9. The van der Waals surface area contributed by atoms with Gasteiger partial charge in [-0.25, -0.2) is 0 Å². The van der Waals surface area contributed by atoms with E-state index in [-0.39, 0.29) is 17.9 Å². The minimum Gasteiger partial charge on any atom is -0.496 e. The summed E-state index contributed by atoms with van der Waals surface area (Å²) in [5.41, 5.74) is 0.454. The fourth-order valence-corrected chi connectivity index (χ4v) is 4.71. The number of carbonyl (C=O) groups excluding carboxylic acids is 2. The number of amides is 2. The Kier molecular flexibility index (Phi) is 6.83. The summed E-state index contributed by atoms with van der Waals surface area (Å²) in [5.74, 6) is 1.39. The fourth-order valence-electron chi connectivity index (χ4n) is 4.71. The zero-order chi connectivity index (χ0) is 21.0. The first kappa shape index (κ1) is 21.6. The average molecular weight is 402 g/mol. The second-order valence-corrected chi connectivity index (χ2v) is 8.77. The molecule has 2 amide bonds. The highest BCUT2D eigenvalue weighted by molar-refractivity contribution is 6.00. The van der Waals surface area contributed by atoms with Gasteiger partial charge in [-0.2, -0.15) is 0 Å². The highest BCUT2D eigenvalue weighted by Crippen LogP contribution is 2.35. The van der Waals surface area contributed by atoms with Crippen LogP contribution in [0.3, 0.4) is 0 Å². The third-order valence-electron chi connectivity index (χ3n) is 6.23. The van der Waals surface area contributed by atoms with Gasteiger partial charge >= 0.3 is 0 Å². The number of piperazine rings is 1. The van der Waals surface area contributed by atoms with Gasteiger partial charge in [0.15, 0.2) is 0 Å². The molecular formula is C23H35N3O3. The van der Waals surface area contributed by atoms with E-state index in [2.05, 4.69) is 37.1 Å². The molecule has 0 aliphatic carbocycles. The van der Waals surface area contributed by atoms with Crippen LogP contribution in [0.15, 0.2) is 24.3 Å². The van der Waals surface area contributed by atoms with Gasteiger partial charge in [-0.1, -0.05) is 39.0 Å². The lowest BCUT2D eigenvalue weighted by atomic mass is 9.80. The second kappa shape index (κ2) is 9.16. The van der Waals surface area contributed by atoms with Crippen molar-refractivity contribution in [3.63, 3.8) is 0 Å². The van der Waals surface area contributed by atoms with Crippen LogP contribution in [0.25, 0.3) is 0 Å². The quantitative estimate of drug-likeness (QED) is 0.763. The van der Waals surface area contributed by atoms with E-state index in [9.17, 15) is 9.59 Å². The van der Waals surface area contributed by atoms with Crippen LogP contribution in [-0.2, 0) is 16.1 Å². The number of carbonyl (C=O) groups is 2. The van der Waals surface area contributed by atoms with E-state index in [0.717, 1.165) is 37.4 Å². The van der Waals surface area contributed by atoms with Gasteiger partial charge in [-0.05, 0) is 37.7 Å². The molecule has 2 heterocycles. The number of hydrogen-bond acceptors (Lipinski definition) is 4. The number of para-hydroxylation sites is 1. The molecule has 1 aromatic rings. The molecule has 6 nitrogen and oxygen atoms in total. The SMILES string of the molecule is CCCN1C(=O)C(CC(C)C)NC(=O)C12CCN(Cc1ccccc1OC)CC2. The van der Waals surface area contributed by atoms with Crippen LogP contribution in [-0.4, -0.2) is 59.9 Å². The van der Waals surface area contributed by atoms with Crippen molar-refractivity contribution in [1.82, 2.24) is 15.1 Å². The minimum absolute atomic E-state index is 0.0353. The zero-order valence-electron chi connectivity index (χ0n) is 18.2. The molecule has 1 unspecified atom stereocenters. The predicted octanol–water partition coefficient (Wildman–Crippen LogP) is 2.81. The van der Waals surface area contributed by atoms with Crippen LogP contribution in [0, 0.1) is 5.92 Å². The number of rotatable bonds is 7. The Balaban J connectivity index is 1.73. The highest BCUT2D eigenvalue weighted by atomic mass is 16.5. The van der Waals surface area contributed by atoms with Crippen LogP contribution < -0.4 is 10.1 Å². The van der Waals surface area contributed by atoms with Gasteiger partial charge in [-0.3, -0.25) is 14.5 Å². The molecule has 2 saturated heterocycles. The molecule has 1 spiro atoms. The summed E-state index contributed by atoms with van der Waals surface area (Å²) in [7, 11) is 1.69. The summed E-state index contributed by atoms with van der Waals surface area (Å²) in [6.45, 7) is 9.25. The van der Waals surface area contributed by atoms with Gasteiger partial charge in [0.2, 0.25) is 11.8 Å². The number of benzene rings is 1. The molecule has 2 fully saturated rings. The van der Waals surface area contributed by atoms with Crippen molar-refractivity contribution in [2.24, 2.45) is 5.92 Å². The maximum absolute atomic E-state index is 13.2. The molecule has 29 heavy (non-hydrogen) atoms. The van der Waals surface area contributed by atoms with Gasteiger partial charge in [0.05, 0.1) is 7.11 Å². The van der Waals surface area contributed by atoms with Crippen LogP contribution >= 0.6 is 0 Å². The summed E-state index contributed by atoms with van der Waals surface area (Å²) >= 11 is 0. The lowest BCUT2D eigenvalue weighted by molar-refractivity contribution is -0.161. The molecule has 0 saturated carbocycles. The molecule has 6 heteroatoms. The Labute approximate surface area is 174 Å². The van der Waals surface area contributed by atoms with Crippen molar-refractivity contribution in [3.8, 4) is 5.75 Å². The van der Waals surface area contributed by atoms with Crippen LogP contribution in [0.5, 0.6) is 5.75 Å². The van der Waals surface area contributed by atoms with Crippen LogP contribution in [0.1, 0.15) is 52.0 Å². The predicted molar refractivity (Wildman–Crippen MR) is 114 cm³/mol. The molecule has 2 aliphatic rings. The normalized spacial score (nSPS) is 22.2. The number of nitrogens with zero attached hydrogens (tertiary/aromatic N) is 2. The molecule has 1 atom stereocenters. The van der Waals surface area contributed by atoms with E-state index >= 15 is 0 Å². The first-order valence-corrected chi connectivity index (χ1v) is 10.9. The van der Waals surface area contributed by atoms with E-state index < -0.39 is 5.54 Å². The lowest BCUT2D eigenvalue weighted by Crippen LogP contribution is -2.73. The smallest absolute Gasteiger partial charge is 0.246 e. The summed E-state index contributed by atoms with van der Waals surface area (Å²) < 4.78 is 5.48. The maximum atomic E-state index is 13.2. The van der Waals surface area contributed by atoms with Gasteiger partial charge in [0, 0.05) is 31.7 Å². The molecule has 3 rings (SSSR count). The molecule has 1 aromatic carbocycles. The summed E-state index contributed by atoms with van der Waals surface area (Å²) in [5, 5.41) is 3.06. The molecule has 160 valence electrons. The Hall–Kier alpha value is -2.08. The highest BCUT2D eigenvalue weighted by Gasteiger charge is 2.53. The van der Waals surface area contributed by atoms with Crippen molar-refractivity contribution in [1.29, 1.82) is 0 Å². The van der Waals surface area contributed by atoms with Gasteiger partial charge in [0.1, 0.15) is 17.3 Å². The number of piperidine rings is 1. The summed E-state index contributed by atoms with van der Waals surface area (Å²) in [4.78, 5) is 30.7. The van der Waals surface area contributed by atoms with Gasteiger partial charge in [-0.15, -0.1) is 0 Å². The van der Waals surface area contributed by atoms with Crippen LogP contribution in [0.4, 0.5) is 0 Å². The van der Waals surface area contributed by atoms with E-state index in [1.807, 2.05) is 23.1 Å². The molecule has 1 N–H and O–H groups in total. The first-order chi connectivity index (χ1) is 13.9. The Morgan fingerprint density at radius 1 is 1.21 bits per heavy atom. The molecule has 0 radical (unpaired) electrons. The summed E-state index contributed by atoms with van der Waals surface area (Å²) in [6, 6.07) is 7.67. The van der Waals surface area contributed by atoms with Crippen molar-refractivity contribution in [3.05, 3.63) is 29.8 Å². The third-order valence-corrected chi connectivity index (χ3v) is 6.23. The van der Waals surface area contributed by atoms with Gasteiger partial charge < -0.3 is 15.0 Å². The Morgan fingerprint density at radius 2 is 1.90 bits per heavy atom. The Morgan fingerprint density at radius 3 is 2.52 bits per heavy atom. The number of nitrogens with one attached hydrogen (secondary N) is 1. The standard InChI is InChI=1S/C23H35N3O3/c1-5-12-26-21(27)19(15-17(2)3)24-22(28)23(26)10-13-25(14-11-23)16-18-8-6-7-9-20(18)29-4/h6-9,17,19H,5,10-16H2,1-4H3,(H,24,28). The lowest BCUT2D eigenvalue weighted by Gasteiger charge is -2.52. The molecule has 2 aliphatic heterocycles. The monoisotopic (exact) mass is 401 g/mol. The topological polar surface area (TPSA) is 61.9 Å². The van der Waals surface area contributed by atoms with E-state index in [0.29, 0.717) is 31.7 Å². The molecule has 0 bridgehead atoms. The second-order valence-electron chi connectivity index (χ2n) is 8.77. The number of methoxy groups -OCH3 is 1. The summed E-state index contributed by atoms with van der Waals surface area (Å²) in [6.07, 6.45) is 2.91. The third kappa shape index (κ3) is 4.42. The average Bonchev–Trinajstić information content (AvgIpc) is 2.71. The number of likely N-dealkylation sites (tertiary alicyclic amines) is 1. The number of ether oxygens (including phenoxy) is 1. The fraction of sp³-hybridized carbons (Fsp3) is 0.652. The van der Waals surface area contributed by atoms with Crippen molar-refractivity contribution in [2.45, 2.75) is 64.6 Å². The Bertz CT molecular complexity index is 726. The zero-order valence-corrected chi connectivity index (χ0v) is 18.2. The van der Waals surface area contributed by atoms with Gasteiger partial charge in [0.25, 0.3) is 0 Å². The largest absolute Gasteiger partial charge is 0.496 e. The van der Waals surface area contributed by atoms with Crippen molar-refractivity contribution in [2.75, 3.05) is 26.7 Å². The van der Waals surface area contributed by atoms with Crippen LogP contribution in [0.2, 0.25) is 0 Å². The minimum atomic E-state index is -0.697. The maximum Gasteiger partial charge on any atom is 0.246 e. The van der Waals surface area contributed by atoms with E-state index in [1.165, 1.54) is 0 Å². The number of hydrogen-bond donors (Lipinski definition) is 1. The van der Waals surface area contributed by atoms with Crippen molar-refractivity contribution >= 4 is 11.8 Å². The van der Waals surface area contributed by atoms with Crippen molar-refractivity contribution < 1.29 is 14.3 Å². The molecule has 0 aromatic heterocycles. The molecular weight excluding hydrogens is 366 g/mol. The van der Waals surface area contributed by atoms with E-state index in [1.54, 1.807) is 7.11 Å².